The molecule has 0 radical (unpaired) electrons. The molecule has 0 saturated carbocycles. The van der Waals surface area contributed by atoms with Crippen LogP contribution in [0.1, 0.15) is 33.2 Å². The van der Waals surface area contributed by atoms with Gasteiger partial charge in [0, 0.05) is 16.7 Å². The third-order valence-corrected chi connectivity index (χ3v) is 4.28. The van der Waals surface area contributed by atoms with E-state index in [-0.39, 0.29) is 11.6 Å². The van der Waals surface area contributed by atoms with Crippen LogP contribution in [-0.2, 0) is 0 Å². The van der Waals surface area contributed by atoms with Gasteiger partial charge >= 0.3 is 0 Å². The molecule has 0 aromatic heterocycles. The van der Waals surface area contributed by atoms with Crippen molar-refractivity contribution >= 4 is 11.6 Å². The summed E-state index contributed by atoms with van der Waals surface area (Å²) >= 11 is 0. The molecule has 0 heterocycles. The van der Waals surface area contributed by atoms with Crippen LogP contribution in [0.15, 0.2) is 72.8 Å². The average Bonchev–Trinajstić information content (AvgIpc) is 2.74. The van der Waals surface area contributed by atoms with Gasteiger partial charge in [-0.2, -0.15) is 0 Å². The second-order valence-corrected chi connectivity index (χ2v) is 6.21. The molecule has 0 bridgehead atoms. The van der Waals surface area contributed by atoms with E-state index in [4.69, 9.17) is 9.47 Å². The smallest absolute Gasteiger partial charge is 0.202 e. The van der Waals surface area contributed by atoms with Gasteiger partial charge in [-0.15, -0.1) is 0 Å². The molecule has 5 heteroatoms. The molecule has 28 heavy (non-hydrogen) atoms. The van der Waals surface area contributed by atoms with Crippen molar-refractivity contribution < 1.29 is 23.5 Å². The van der Waals surface area contributed by atoms with Crippen molar-refractivity contribution in [1.82, 2.24) is 0 Å². The minimum absolute atomic E-state index is 0.158. The maximum atomic E-state index is 13.0. The highest BCUT2D eigenvalue weighted by atomic mass is 19.1. The molecule has 0 amide bonds. The van der Waals surface area contributed by atoms with Gasteiger partial charge in [0.2, 0.25) is 5.78 Å². The van der Waals surface area contributed by atoms with E-state index in [0.717, 1.165) is 0 Å². The average molecular weight is 378 g/mol. The van der Waals surface area contributed by atoms with E-state index < -0.39 is 11.9 Å². The normalized spacial score (nSPS) is 11.5. The van der Waals surface area contributed by atoms with Crippen molar-refractivity contribution in [2.24, 2.45) is 0 Å². The standard InChI is InChI=1S/C23H19FO4/c1-15(22(25)16-5-11-20(27-2)12-6-16)28-21-13-7-18(8-14-21)23(26)17-3-9-19(24)10-4-17/h3-15H,1-2H3/t15-/m1/s1. The number of methoxy groups -OCH3 is 1. The van der Waals surface area contributed by atoms with Gasteiger partial charge in [-0.3, -0.25) is 9.59 Å². The second-order valence-electron chi connectivity index (χ2n) is 6.21. The van der Waals surface area contributed by atoms with Gasteiger partial charge in [0.1, 0.15) is 17.3 Å². The Hall–Kier alpha value is -3.47. The highest BCUT2D eigenvalue weighted by Gasteiger charge is 2.17. The van der Waals surface area contributed by atoms with Crippen molar-refractivity contribution in [3.63, 3.8) is 0 Å². The zero-order valence-electron chi connectivity index (χ0n) is 15.5. The van der Waals surface area contributed by atoms with Crippen molar-refractivity contribution in [2.75, 3.05) is 7.11 Å². The summed E-state index contributed by atoms with van der Waals surface area (Å²) in [5.41, 5.74) is 1.38. The first-order valence-corrected chi connectivity index (χ1v) is 8.73. The quantitative estimate of drug-likeness (QED) is 0.559. The molecule has 3 aromatic rings. The van der Waals surface area contributed by atoms with Crippen LogP contribution >= 0.6 is 0 Å². The Morgan fingerprint density at radius 3 is 1.75 bits per heavy atom. The van der Waals surface area contributed by atoms with Crippen molar-refractivity contribution in [3.05, 3.63) is 95.3 Å². The van der Waals surface area contributed by atoms with Crippen LogP contribution in [0.25, 0.3) is 0 Å². The maximum absolute atomic E-state index is 13.0. The number of carbonyl (C=O) groups is 2. The van der Waals surface area contributed by atoms with Crippen molar-refractivity contribution in [3.8, 4) is 11.5 Å². The van der Waals surface area contributed by atoms with Crippen LogP contribution in [-0.4, -0.2) is 24.8 Å². The molecular formula is C23H19FO4. The number of ketones is 2. The third-order valence-electron chi connectivity index (χ3n) is 4.28. The molecule has 3 aromatic carbocycles. The Kier molecular flexibility index (Phi) is 5.84. The van der Waals surface area contributed by atoms with Crippen molar-refractivity contribution in [1.29, 1.82) is 0 Å². The fourth-order valence-corrected chi connectivity index (χ4v) is 2.70. The number of Topliss-reactive ketones (excluding diaryl/α,β-unsaturated/α-hetero) is 1. The van der Waals surface area contributed by atoms with Crippen LogP contribution in [0.5, 0.6) is 11.5 Å². The lowest BCUT2D eigenvalue weighted by Gasteiger charge is -2.14. The Morgan fingerprint density at radius 1 is 0.750 bits per heavy atom. The summed E-state index contributed by atoms with van der Waals surface area (Å²) < 4.78 is 23.8. The largest absolute Gasteiger partial charge is 0.497 e. The van der Waals surface area contributed by atoms with Gasteiger partial charge in [-0.25, -0.2) is 4.39 Å². The lowest BCUT2D eigenvalue weighted by atomic mass is 10.0. The fourth-order valence-electron chi connectivity index (χ4n) is 2.70. The Labute approximate surface area is 162 Å². The van der Waals surface area contributed by atoms with E-state index >= 15 is 0 Å². The van der Waals surface area contributed by atoms with Gasteiger partial charge in [0.25, 0.3) is 0 Å². The minimum atomic E-state index is -0.688. The zero-order chi connectivity index (χ0) is 20.1. The van der Waals surface area contributed by atoms with Gasteiger partial charge in [-0.1, -0.05) is 0 Å². The molecule has 0 saturated heterocycles. The molecule has 0 fully saturated rings. The molecule has 0 aliphatic carbocycles. The topological polar surface area (TPSA) is 52.6 Å². The number of hydrogen-bond acceptors (Lipinski definition) is 4. The molecule has 0 spiro atoms. The molecular weight excluding hydrogens is 359 g/mol. The SMILES string of the molecule is COc1ccc(C(=O)[C@@H](C)Oc2ccc(C(=O)c3ccc(F)cc3)cc2)cc1. The van der Waals surface area contributed by atoms with E-state index in [1.54, 1.807) is 62.6 Å². The predicted molar refractivity (Wildman–Crippen MR) is 104 cm³/mol. The highest BCUT2D eigenvalue weighted by Crippen LogP contribution is 2.19. The first-order chi connectivity index (χ1) is 13.5. The number of rotatable bonds is 7. The van der Waals surface area contributed by atoms with Crippen molar-refractivity contribution in [2.45, 2.75) is 13.0 Å². The maximum Gasteiger partial charge on any atom is 0.202 e. The summed E-state index contributed by atoms with van der Waals surface area (Å²) in [6.07, 6.45) is -0.688. The van der Waals surface area contributed by atoms with Crippen LogP contribution in [0.2, 0.25) is 0 Å². The van der Waals surface area contributed by atoms with Gasteiger partial charge < -0.3 is 9.47 Å². The van der Waals surface area contributed by atoms with E-state index in [1.165, 1.54) is 24.3 Å². The summed E-state index contributed by atoms with van der Waals surface area (Å²) in [4.78, 5) is 24.9. The van der Waals surface area contributed by atoms with E-state index in [9.17, 15) is 14.0 Å². The first kappa shape index (κ1) is 19.3. The zero-order valence-corrected chi connectivity index (χ0v) is 15.5. The lowest BCUT2D eigenvalue weighted by molar-refractivity contribution is 0.0817. The number of hydrogen-bond donors (Lipinski definition) is 0. The third kappa shape index (κ3) is 4.43. The molecule has 0 unspecified atom stereocenters. The van der Waals surface area contributed by atoms with E-state index in [0.29, 0.717) is 28.2 Å². The Bertz CT molecular complexity index is 961. The number of carbonyl (C=O) groups excluding carboxylic acids is 2. The molecule has 0 aliphatic rings. The summed E-state index contributed by atoms with van der Waals surface area (Å²) in [6.45, 7) is 1.67. The monoisotopic (exact) mass is 378 g/mol. The lowest BCUT2D eigenvalue weighted by Crippen LogP contribution is -2.23. The minimum Gasteiger partial charge on any atom is -0.497 e. The van der Waals surface area contributed by atoms with Gasteiger partial charge in [0.05, 0.1) is 7.11 Å². The summed E-state index contributed by atoms with van der Waals surface area (Å²) in [5, 5.41) is 0. The van der Waals surface area contributed by atoms with Crippen LogP contribution in [0, 0.1) is 5.82 Å². The number of ether oxygens (including phenoxy) is 2. The highest BCUT2D eigenvalue weighted by molar-refractivity contribution is 6.09. The van der Waals surface area contributed by atoms with Gasteiger partial charge in [-0.05, 0) is 79.7 Å². The molecule has 1 atom stereocenters. The number of benzene rings is 3. The van der Waals surface area contributed by atoms with E-state index in [1.807, 2.05) is 0 Å². The summed E-state index contributed by atoms with van der Waals surface area (Å²) in [5.74, 6) is 0.385. The second kappa shape index (κ2) is 8.48. The van der Waals surface area contributed by atoms with Crippen LogP contribution in [0.4, 0.5) is 4.39 Å². The molecule has 0 aliphatic heterocycles. The first-order valence-electron chi connectivity index (χ1n) is 8.73. The van der Waals surface area contributed by atoms with Gasteiger partial charge in [0.15, 0.2) is 11.9 Å². The molecule has 0 N–H and O–H groups in total. The Balaban J connectivity index is 1.66. The predicted octanol–water partition coefficient (Wildman–Crippen LogP) is 4.72. The fraction of sp³-hybridized carbons (Fsp3) is 0.130. The molecule has 142 valence electrons. The summed E-state index contributed by atoms with van der Waals surface area (Å²) in [7, 11) is 1.56. The summed E-state index contributed by atoms with van der Waals surface area (Å²) in [6, 6.07) is 18.7. The van der Waals surface area contributed by atoms with Crippen LogP contribution < -0.4 is 9.47 Å². The molecule has 3 rings (SSSR count). The van der Waals surface area contributed by atoms with Crippen LogP contribution in [0.3, 0.4) is 0 Å². The Morgan fingerprint density at radius 2 is 1.21 bits per heavy atom. The molecule has 4 nitrogen and oxygen atoms in total. The number of halogens is 1. The van der Waals surface area contributed by atoms with E-state index in [2.05, 4.69) is 0 Å².